The lowest BCUT2D eigenvalue weighted by atomic mass is 10.2. The number of thioether (sulfide) groups is 1. The molecular weight excluding hydrogens is 389 g/mol. The van der Waals surface area contributed by atoms with Crippen molar-refractivity contribution in [1.29, 1.82) is 0 Å². The highest BCUT2D eigenvalue weighted by molar-refractivity contribution is 8.00. The molecule has 2 aromatic rings. The van der Waals surface area contributed by atoms with Crippen molar-refractivity contribution in [2.75, 3.05) is 5.32 Å². The maximum atomic E-state index is 12.8. The van der Waals surface area contributed by atoms with Gasteiger partial charge in [0.25, 0.3) is 0 Å². The number of nitrogens with one attached hydrogen (secondary N) is 1. The number of halogens is 4. The number of amides is 1. The summed E-state index contributed by atoms with van der Waals surface area (Å²) in [6, 6.07) is 2.81. The molecule has 1 aliphatic carbocycles. The van der Waals surface area contributed by atoms with E-state index < -0.39 is 22.9 Å². The van der Waals surface area contributed by atoms with Crippen molar-refractivity contribution in [1.82, 2.24) is 14.8 Å². The van der Waals surface area contributed by atoms with Gasteiger partial charge in [0, 0.05) is 13.0 Å². The summed E-state index contributed by atoms with van der Waals surface area (Å²) >= 11 is 7.10. The van der Waals surface area contributed by atoms with E-state index in [9.17, 15) is 18.0 Å². The lowest BCUT2D eigenvalue weighted by Crippen LogP contribution is -2.23. The molecule has 0 radical (unpaired) electrons. The average molecular weight is 405 g/mol. The molecule has 0 saturated heterocycles. The van der Waals surface area contributed by atoms with Crippen LogP contribution in [0.15, 0.2) is 23.4 Å². The minimum absolute atomic E-state index is 0.0400. The van der Waals surface area contributed by atoms with Crippen LogP contribution in [0.2, 0.25) is 5.02 Å². The van der Waals surface area contributed by atoms with Crippen molar-refractivity contribution >= 4 is 35.0 Å². The molecule has 1 aliphatic rings. The Morgan fingerprint density at radius 3 is 2.69 bits per heavy atom. The number of aromatic nitrogens is 3. The molecule has 140 valence electrons. The Morgan fingerprint density at radius 2 is 2.08 bits per heavy atom. The first kappa shape index (κ1) is 19.0. The first-order valence-corrected chi connectivity index (χ1v) is 9.16. The van der Waals surface area contributed by atoms with Gasteiger partial charge in [0.2, 0.25) is 5.91 Å². The SMILES string of the molecule is C[C@@H](Sc1nnc(C2CC2)n1C)C(=O)Nc1cc(C(F)(F)F)ccc1Cl. The van der Waals surface area contributed by atoms with Crippen molar-refractivity contribution in [3.63, 3.8) is 0 Å². The molecule has 3 rings (SSSR count). The fourth-order valence-electron chi connectivity index (χ4n) is 2.37. The number of rotatable bonds is 5. The topological polar surface area (TPSA) is 59.8 Å². The third kappa shape index (κ3) is 4.15. The summed E-state index contributed by atoms with van der Waals surface area (Å²) in [4.78, 5) is 12.4. The molecule has 1 N–H and O–H groups in total. The molecule has 0 bridgehead atoms. The van der Waals surface area contributed by atoms with Crippen molar-refractivity contribution in [2.24, 2.45) is 7.05 Å². The summed E-state index contributed by atoms with van der Waals surface area (Å²) in [5.74, 6) is 0.850. The molecule has 0 unspecified atom stereocenters. The van der Waals surface area contributed by atoms with Crippen molar-refractivity contribution in [3.05, 3.63) is 34.6 Å². The van der Waals surface area contributed by atoms with Crippen molar-refractivity contribution < 1.29 is 18.0 Å². The lowest BCUT2D eigenvalue weighted by Gasteiger charge is -2.14. The fourth-order valence-corrected chi connectivity index (χ4v) is 3.36. The zero-order chi connectivity index (χ0) is 19.1. The van der Waals surface area contributed by atoms with Gasteiger partial charge in [-0.15, -0.1) is 10.2 Å². The van der Waals surface area contributed by atoms with Gasteiger partial charge in [-0.3, -0.25) is 4.79 Å². The maximum Gasteiger partial charge on any atom is 0.416 e. The fraction of sp³-hybridized carbons (Fsp3) is 0.438. The second-order valence-corrected chi connectivity index (χ2v) is 7.83. The average Bonchev–Trinajstić information content (AvgIpc) is 3.33. The first-order chi connectivity index (χ1) is 12.2. The van der Waals surface area contributed by atoms with Crippen LogP contribution >= 0.6 is 23.4 Å². The van der Waals surface area contributed by atoms with Gasteiger partial charge < -0.3 is 9.88 Å². The van der Waals surface area contributed by atoms with Crippen molar-refractivity contribution in [2.45, 2.75) is 42.3 Å². The van der Waals surface area contributed by atoms with E-state index in [1.54, 1.807) is 6.92 Å². The second-order valence-electron chi connectivity index (χ2n) is 6.12. The standard InChI is InChI=1S/C16H16ClF3N4OS/c1-8(26-15-23-22-13(24(15)2)9-3-4-9)14(25)21-12-7-10(16(18,19)20)5-6-11(12)17/h5-9H,3-4H2,1-2H3,(H,21,25)/t8-/m1/s1. The summed E-state index contributed by atoms with van der Waals surface area (Å²) in [5.41, 5.74) is -0.949. The van der Waals surface area contributed by atoms with E-state index >= 15 is 0 Å². The highest BCUT2D eigenvalue weighted by atomic mass is 35.5. The van der Waals surface area contributed by atoms with Crippen LogP contribution in [0.25, 0.3) is 0 Å². The third-order valence-electron chi connectivity index (χ3n) is 4.01. The van der Waals surface area contributed by atoms with Crippen LogP contribution in [-0.4, -0.2) is 25.9 Å². The first-order valence-electron chi connectivity index (χ1n) is 7.90. The summed E-state index contributed by atoms with van der Waals surface area (Å²) < 4.78 is 40.3. The number of benzene rings is 1. The second kappa shape index (κ2) is 7.11. The van der Waals surface area contributed by atoms with Gasteiger partial charge in [-0.2, -0.15) is 13.2 Å². The number of nitrogens with zero attached hydrogens (tertiary/aromatic N) is 3. The smallest absolute Gasteiger partial charge is 0.324 e. The molecule has 5 nitrogen and oxygen atoms in total. The molecule has 1 saturated carbocycles. The van der Waals surface area contributed by atoms with Gasteiger partial charge >= 0.3 is 6.18 Å². The van der Waals surface area contributed by atoms with Gasteiger partial charge in [0.15, 0.2) is 5.16 Å². The minimum atomic E-state index is -4.51. The molecule has 1 aromatic heterocycles. The number of hydrogen-bond acceptors (Lipinski definition) is 4. The van der Waals surface area contributed by atoms with E-state index in [1.807, 2.05) is 11.6 Å². The lowest BCUT2D eigenvalue weighted by molar-refractivity contribution is -0.137. The third-order valence-corrected chi connectivity index (χ3v) is 5.48. The summed E-state index contributed by atoms with van der Waals surface area (Å²) in [5, 5.41) is 10.7. The van der Waals surface area contributed by atoms with Crippen LogP contribution in [0.4, 0.5) is 18.9 Å². The number of carbonyl (C=O) groups is 1. The van der Waals surface area contributed by atoms with E-state index in [2.05, 4.69) is 15.5 Å². The Labute approximate surface area is 157 Å². The summed E-state index contributed by atoms with van der Waals surface area (Å²) in [6.45, 7) is 1.65. The molecule has 10 heteroatoms. The normalized spacial score (nSPS) is 15.8. The quantitative estimate of drug-likeness (QED) is 0.746. The van der Waals surface area contributed by atoms with E-state index in [0.29, 0.717) is 11.1 Å². The zero-order valence-corrected chi connectivity index (χ0v) is 15.5. The van der Waals surface area contributed by atoms with Gasteiger partial charge in [-0.1, -0.05) is 23.4 Å². The Morgan fingerprint density at radius 1 is 1.38 bits per heavy atom. The van der Waals surface area contributed by atoms with Gasteiger partial charge in [0.05, 0.1) is 21.5 Å². The van der Waals surface area contributed by atoms with Crippen LogP contribution < -0.4 is 5.32 Å². The Balaban J connectivity index is 1.69. The summed E-state index contributed by atoms with van der Waals surface area (Å²) in [6.07, 6.45) is -2.34. The van der Waals surface area contributed by atoms with E-state index in [1.165, 1.54) is 11.8 Å². The van der Waals surface area contributed by atoms with Crippen LogP contribution in [-0.2, 0) is 18.0 Å². The predicted molar refractivity (Wildman–Crippen MR) is 93.4 cm³/mol. The van der Waals surface area contributed by atoms with Crippen molar-refractivity contribution in [3.8, 4) is 0 Å². The predicted octanol–water partition coefficient (Wildman–Crippen LogP) is 4.48. The van der Waals surface area contributed by atoms with E-state index in [-0.39, 0.29) is 10.7 Å². The summed E-state index contributed by atoms with van der Waals surface area (Å²) in [7, 11) is 1.84. The Bertz CT molecular complexity index is 835. The molecule has 1 aromatic carbocycles. The van der Waals surface area contributed by atoms with Crippen LogP contribution in [0.5, 0.6) is 0 Å². The minimum Gasteiger partial charge on any atom is -0.324 e. The molecule has 26 heavy (non-hydrogen) atoms. The number of carbonyl (C=O) groups excluding carboxylic acids is 1. The molecule has 1 atom stereocenters. The highest BCUT2D eigenvalue weighted by Gasteiger charge is 2.32. The Hall–Kier alpha value is -1.74. The number of anilines is 1. The molecule has 1 fully saturated rings. The number of hydrogen-bond donors (Lipinski definition) is 1. The van der Waals surface area contributed by atoms with Crippen LogP contribution in [0.3, 0.4) is 0 Å². The van der Waals surface area contributed by atoms with Gasteiger partial charge in [-0.05, 0) is 38.0 Å². The molecule has 0 spiro atoms. The van der Waals surface area contributed by atoms with Crippen LogP contribution in [0.1, 0.15) is 37.1 Å². The van der Waals surface area contributed by atoms with Crippen LogP contribution in [0, 0.1) is 0 Å². The van der Waals surface area contributed by atoms with Gasteiger partial charge in [-0.25, -0.2) is 0 Å². The molecular formula is C16H16ClF3N4OS. The van der Waals surface area contributed by atoms with E-state index in [0.717, 1.165) is 36.9 Å². The van der Waals surface area contributed by atoms with Gasteiger partial charge in [0.1, 0.15) is 5.82 Å². The molecule has 1 heterocycles. The largest absolute Gasteiger partial charge is 0.416 e. The molecule has 0 aliphatic heterocycles. The number of alkyl halides is 3. The zero-order valence-electron chi connectivity index (χ0n) is 14.0. The Kier molecular flexibility index (Phi) is 5.21. The monoisotopic (exact) mass is 404 g/mol. The maximum absolute atomic E-state index is 12.8. The molecule has 1 amide bonds. The highest BCUT2D eigenvalue weighted by Crippen LogP contribution is 2.40. The van der Waals surface area contributed by atoms with E-state index in [4.69, 9.17) is 11.6 Å².